The van der Waals surface area contributed by atoms with Crippen molar-refractivity contribution in [2.45, 2.75) is 0 Å². The Kier molecular flexibility index (Phi) is 3.62. The molecule has 1 N–H and O–H groups in total. The average Bonchev–Trinajstić information content (AvgIpc) is 2.46. The molecular weight excluding hydrogens is 230 g/mol. The van der Waals surface area contributed by atoms with E-state index in [1.54, 1.807) is 14.2 Å². The second-order valence-electron chi connectivity index (χ2n) is 3.64. The molecule has 0 fully saturated rings. The summed E-state index contributed by atoms with van der Waals surface area (Å²) in [6, 6.07) is 7.51. The molecule has 5 nitrogen and oxygen atoms in total. The van der Waals surface area contributed by atoms with Crippen molar-refractivity contribution in [2.24, 2.45) is 0 Å². The molecule has 0 saturated heterocycles. The summed E-state index contributed by atoms with van der Waals surface area (Å²) in [6.07, 6.45) is 1.52. The summed E-state index contributed by atoms with van der Waals surface area (Å²) >= 11 is 0. The van der Waals surface area contributed by atoms with E-state index in [1.165, 1.54) is 6.33 Å². The largest absolute Gasteiger partial charge is 0.497 e. The minimum absolute atomic E-state index is 0.731. The summed E-state index contributed by atoms with van der Waals surface area (Å²) < 4.78 is 10.5. The van der Waals surface area contributed by atoms with E-state index in [0.717, 1.165) is 28.6 Å². The minimum atomic E-state index is 0.731. The van der Waals surface area contributed by atoms with Crippen LogP contribution in [0.15, 0.2) is 30.6 Å². The number of ether oxygens (including phenoxy) is 2. The first-order valence-corrected chi connectivity index (χ1v) is 5.50. The van der Waals surface area contributed by atoms with Gasteiger partial charge in [-0.1, -0.05) is 0 Å². The maximum atomic E-state index is 5.24. The first kappa shape index (κ1) is 12.2. The topological polar surface area (TPSA) is 56.3 Å². The van der Waals surface area contributed by atoms with Gasteiger partial charge in [-0.3, -0.25) is 0 Å². The van der Waals surface area contributed by atoms with E-state index in [0.29, 0.717) is 0 Å². The first-order valence-electron chi connectivity index (χ1n) is 5.50. The van der Waals surface area contributed by atoms with Crippen molar-refractivity contribution in [3.8, 4) is 22.8 Å². The Morgan fingerprint density at radius 1 is 0.944 bits per heavy atom. The summed E-state index contributed by atoms with van der Waals surface area (Å²) in [7, 11) is 5.06. The Labute approximate surface area is 106 Å². The zero-order valence-corrected chi connectivity index (χ0v) is 10.6. The van der Waals surface area contributed by atoms with Crippen LogP contribution >= 0.6 is 0 Å². The Morgan fingerprint density at radius 3 is 2.17 bits per heavy atom. The lowest BCUT2D eigenvalue weighted by molar-refractivity contribution is 0.394. The third-order valence-corrected chi connectivity index (χ3v) is 2.57. The molecule has 0 aliphatic rings. The maximum Gasteiger partial charge on any atom is 0.129 e. The van der Waals surface area contributed by atoms with Gasteiger partial charge in [-0.25, -0.2) is 9.97 Å². The lowest BCUT2D eigenvalue weighted by atomic mass is 10.1. The highest BCUT2D eigenvalue weighted by atomic mass is 16.5. The van der Waals surface area contributed by atoms with E-state index in [4.69, 9.17) is 9.47 Å². The zero-order chi connectivity index (χ0) is 13.0. The molecule has 1 aromatic heterocycles. The summed E-state index contributed by atoms with van der Waals surface area (Å²) in [5, 5.41) is 2.98. The third-order valence-electron chi connectivity index (χ3n) is 2.57. The first-order chi connectivity index (χ1) is 8.76. The monoisotopic (exact) mass is 245 g/mol. The fourth-order valence-corrected chi connectivity index (χ4v) is 1.61. The van der Waals surface area contributed by atoms with Crippen molar-refractivity contribution < 1.29 is 9.47 Å². The Morgan fingerprint density at radius 2 is 1.61 bits per heavy atom. The van der Waals surface area contributed by atoms with E-state index < -0.39 is 0 Å². The molecule has 0 aliphatic heterocycles. The molecule has 5 heteroatoms. The van der Waals surface area contributed by atoms with Crippen LogP contribution in [0.1, 0.15) is 0 Å². The van der Waals surface area contributed by atoms with Crippen LogP contribution in [0.4, 0.5) is 5.82 Å². The van der Waals surface area contributed by atoms with Crippen molar-refractivity contribution in [3.05, 3.63) is 30.6 Å². The van der Waals surface area contributed by atoms with Gasteiger partial charge in [-0.2, -0.15) is 0 Å². The van der Waals surface area contributed by atoms with Gasteiger partial charge < -0.3 is 14.8 Å². The molecule has 0 saturated carbocycles. The standard InChI is InChI=1S/C13H15N3O2/c1-14-13-7-12(15-8-16-13)9-4-10(17-2)6-11(5-9)18-3/h4-8H,1-3H3,(H,14,15,16). The normalized spacial score (nSPS) is 9.94. The van der Waals surface area contributed by atoms with Crippen molar-refractivity contribution in [3.63, 3.8) is 0 Å². The van der Waals surface area contributed by atoms with Gasteiger partial charge in [0.05, 0.1) is 19.9 Å². The van der Waals surface area contributed by atoms with Gasteiger partial charge in [0.1, 0.15) is 23.6 Å². The summed E-state index contributed by atoms with van der Waals surface area (Å²) in [5.41, 5.74) is 1.73. The molecule has 0 aliphatic carbocycles. The summed E-state index contributed by atoms with van der Waals surface area (Å²) in [6.45, 7) is 0. The van der Waals surface area contributed by atoms with E-state index in [2.05, 4.69) is 15.3 Å². The van der Waals surface area contributed by atoms with Crippen molar-refractivity contribution >= 4 is 5.82 Å². The smallest absolute Gasteiger partial charge is 0.129 e. The second-order valence-corrected chi connectivity index (χ2v) is 3.64. The van der Waals surface area contributed by atoms with Gasteiger partial charge in [0, 0.05) is 24.7 Å². The maximum absolute atomic E-state index is 5.24. The predicted molar refractivity (Wildman–Crippen MR) is 70.1 cm³/mol. The molecule has 1 aromatic carbocycles. The van der Waals surface area contributed by atoms with Crippen LogP contribution in [0.3, 0.4) is 0 Å². The predicted octanol–water partition coefficient (Wildman–Crippen LogP) is 2.20. The molecule has 2 aromatic rings. The summed E-state index contributed by atoms with van der Waals surface area (Å²) in [5.74, 6) is 2.23. The molecule has 0 atom stereocenters. The van der Waals surface area contributed by atoms with Gasteiger partial charge in [0.25, 0.3) is 0 Å². The number of nitrogens with one attached hydrogen (secondary N) is 1. The molecule has 1 heterocycles. The van der Waals surface area contributed by atoms with Crippen LogP contribution in [0.5, 0.6) is 11.5 Å². The van der Waals surface area contributed by atoms with Crippen LogP contribution in [0.2, 0.25) is 0 Å². The fraction of sp³-hybridized carbons (Fsp3) is 0.231. The number of benzene rings is 1. The highest BCUT2D eigenvalue weighted by molar-refractivity contribution is 5.66. The van der Waals surface area contributed by atoms with E-state index in [-0.39, 0.29) is 0 Å². The lowest BCUT2D eigenvalue weighted by Crippen LogP contribution is -1.95. The van der Waals surface area contributed by atoms with Crippen LogP contribution in [-0.4, -0.2) is 31.2 Å². The van der Waals surface area contributed by atoms with Crippen LogP contribution in [-0.2, 0) is 0 Å². The number of rotatable bonds is 4. The van der Waals surface area contributed by atoms with Crippen LogP contribution < -0.4 is 14.8 Å². The fourth-order valence-electron chi connectivity index (χ4n) is 1.61. The number of hydrogen-bond acceptors (Lipinski definition) is 5. The molecule has 0 bridgehead atoms. The van der Waals surface area contributed by atoms with Crippen molar-refractivity contribution in [1.29, 1.82) is 0 Å². The van der Waals surface area contributed by atoms with Crippen molar-refractivity contribution in [2.75, 3.05) is 26.6 Å². The molecule has 0 radical (unpaired) electrons. The second kappa shape index (κ2) is 5.35. The van der Waals surface area contributed by atoms with Gasteiger partial charge in [-0.05, 0) is 12.1 Å². The van der Waals surface area contributed by atoms with E-state index in [9.17, 15) is 0 Å². The van der Waals surface area contributed by atoms with Gasteiger partial charge in [-0.15, -0.1) is 0 Å². The van der Waals surface area contributed by atoms with E-state index >= 15 is 0 Å². The van der Waals surface area contributed by atoms with Crippen molar-refractivity contribution in [1.82, 2.24) is 9.97 Å². The average molecular weight is 245 g/mol. The molecule has 0 amide bonds. The molecule has 18 heavy (non-hydrogen) atoms. The van der Waals surface area contributed by atoms with Gasteiger partial charge in [0.15, 0.2) is 0 Å². The Balaban J connectivity index is 2.48. The minimum Gasteiger partial charge on any atom is -0.497 e. The number of aromatic nitrogens is 2. The number of nitrogens with zero attached hydrogens (tertiary/aromatic N) is 2. The quantitative estimate of drug-likeness (QED) is 0.895. The highest BCUT2D eigenvalue weighted by Crippen LogP contribution is 2.29. The molecule has 0 spiro atoms. The lowest BCUT2D eigenvalue weighted by Gasteiger charge is -2.08. The molecule has 94 valence electrons. The van der Waals surface area contributed by atoms with Crippen LogP contribution in [0.25, 0.3) is 11.3 Å². The van der Waals surface area contributed by atoms with Crippen LogP contribution in [0, 0.1) is 0 Å². The Hall–Kier alpha value is -2.30. The zero-order valence-electron chi connectivity index (χ0n) is 10.6. The van der Waals surface area contributed by atoms with E-state index in [1.807, 2.05) is 31.3 Å². The number of methoxy groups -OCH3 is 2. The SMILES string of the molecule is CNc1cc(-c2cc(OC)cc(OC)c2)ncn1. The highest BCUT2D eigenvalue weighted by Gasteiger charge is 2.06. The Bertz CT molecular complexity index is 521. The third kappa shape index (κ3) is 2.51. The number of anilines is 1. The summed E-state index contributed by atoms with van der Waals surface area (Å²) in [4.78, 5) is 8.33. The molecule has 2 rings (SSSR count). The van der Waals surface area contributed by atoms with Gasteiger partial charge in [0.2, 0.25) is 0 Å². The molecular formula is C13H15N3O2. The van der Waals surface area contributed by atoms with Gasteiger partial charge >= 0.3 is 0 Å². The number of hydrogen-bond donors (Lipinski definition) is 1. The molecule has 0 unspecified atom stereocenters.